The summed E-state index contributed by atoms with van der Waals surface area (Å²) in [6.45, 7) is 7.02. The average molecular weight is 277 g/mol. The Balaban J connectivity index is 2.08. The molecule has 0 aliphatic carbocycles. The third-order valence-electron chi connectivity index (χ3n) is 3.60. The predicted molar refractivity (Wildman–Crippen MR) is 80.0 cm³/mol. The predicted octanol–water partition coefficient (Wildman–Crippen LogP) is 2.71. The van der Waals surface area contributed by atoms with E-state index in [4.69, 9.17) is 9.15 Å². The number of aryl methyl sites for hydroxylation is 2. The van der Waals surface area contributed by atoms with Gasteiger partial charge in [-0.15, -0.1) is 0 Å². The molecule has 2 rings (SSSR count). The first kappa shape index (κ1) is 15.0. The van der Waals surface area contributed by atoms with Gasteiger partial charge in [-0.2, -0.15) is 0 Å². The molecule has 2 unspecified atom stereocenters. The molecule has 0 fully saturated rings. The number of nitrogens with one attached hydrogen (secondary N) is 1. The number of aliphatic hydroxyl groups is 1. The summed E-state index contributed by atoms with van der Waals surface area (Å²) in [6, 6.07) is 6.32. The fourth-order valence-corrected chi connectivity index (χ4v) is 2.20. The van der Waals surface area contributed by atoms with Gasteiger partial charge in [0.15, 0.2) is 0 Å². The van der Waals surface area contributed by atoms with E-state index in [0.29, 0.717) is 13.2 Å². The van der Waals surface area contributed by atoms with Crippen molar-refractivity contribution in [3.05, 3.63) is 35.1 Å². The summed E-state index contributed by atoms with van der Waals surface area (Å²) >= 11 is 0. The molecule has 4 nitrogen and oxygen atoms in total. The van der Waals surface area contributed by atoms with Crippen LogP contribution in [0.4, 0.5) is 0 Å². The van der Waals surface area contributed by atoms with E-state index < -0.39 is 6.10 Å². The molecule has 1 aromatic heterocycles. The number of hydrogen-bond acceptors (Lipinski definition) is 4. The van der Waals surface area contributed by atoms with Crippen LogP contribution in [0.1, 0.15) is 29.9 Å². The molecule has 0 saturated heterocycles. The maximum absolute atomic E-state index is 9.64. The van der Waals surface area contributed by atoms with Crippen molar-refractivity contribution < 1.29 is 14.3 Å². The summed E-state index contributed by atoms with van der Waals surface area (Å²) in [4.78, 5) is 0. The van der Waals surface area contributed by atoms with Gasteiger partial charge in [0.05, 0.1) is 18.8 Å². The lowest BCUT2D eigenvalue weighted by atomic mass is 10.1. The lowest BCUT2D eigenvalue weighted by Gasteiger charge is -2.14. The van der Waals surface area contributed by atoms with Crippen molar-refractivity contribution in [2.45, 2.75) is 32.9 Å². The second kappa shape index (κ2) is 6.39. The van der Waals surface area contributed by atoms with E-state index in [2.05, 4.69) is 37.4 Å². The smallest absolute Gasteiger partial charge is 0.134 e. The number of methoxy groups -OCH3 is 1. The third-order valence-corrected chi connectivity index (χ3v) is 3.60. The molecule has 110 valence electrons. The second-order valence-electron chi connectivity index (χ2n) is 5.36. The van der Waals surface area contributed by atoms with Crippen molar-refractivity contribution in [2.75, 3.05) is 20.3 Å². The van der Waals surface area contributed by atoms with Crippen LogP contribution in [0.2, 0.25) is 0 Å². The maximum atomic E-state index is 9.64. The number of hydrogen-bond donors (Lipinski definition) is 2. The fourth-order valence-electron chi connectivity index (χ4n) is 2.20. The van der Waals surface area contributed by atoms with Gasteiger partial charge < -0.3 is 19.6 Å². The van der Waals surface area contributed by atoms with E-state index in [9.17, 15) is 5.11 Å². The zero-order chi connectivity index (χ0) is 14.7. The van der Waals surface area contributed by atoms with E-state index >= 15 is 0 Å². The highest BCUT2D eigenvalue weighted by Crippen LogP contribution is 2.26. The number of rotatable bonds is 6. The normalized spacial score (nSPS) is 14.7. The SMILES string of the molecule is COCC(O)CNC(C)c1cc2cc(C)c(C)cc2o1. The third kappa shape index (κ3) is 3.39. The molecule has 1 heterocycles. The van der Waals surface area contributed by atoms with Gasteiger partial charge in [-0.25, -0.2) is 0 Å². The first-order chi connectivity index (χ1) is 9.51. The van der Waals surface area contributed by atoms with Crippen molar-refractivity contribution >= 4 is 11.0 Å². The number of ether oxygens (including phenoxy) is 1. The van der Waals surface area contributed by atoms with Crippen LogP contribution >= 0.6 is 0 Å². The monoisotopic (exact) mass is 277 g/mol. The Bertz CT molecular complexity index is 537. The van der Waals surface area contributed by atoms with Gasteiger partial charge in [0.25, 0.3) is 0 Å². The highest BCUT2D eigenvalue weighted by molar-refractivity contribution is 5.79. The van der Waals surface area contributed by atoms with Crippen LogP contribution in [0.15, 0.2) is 22.6 Å². The van der Waals surface area contributed by atoms with E-state index in [1.165, 1.54) is 11.1 Å². The topological polar surface area (TPSA) is 54.6 Å². The zero-order valence-corrected chi connectivity index (χ0v) is 12.6. The quantitative estimate of drug-likeness (QED) is 0.852. The Kier molecular flexibility index (Phi) is 4.81. The van der Waals surface area contributed by atoms with Gasteiger partial charge in [0.1, 0.15) is 11.3 Å². The van der Waals surface area contributed by atoms with Crippen LogP contribution in [0.3, 0.4) is 0 Å². The fraction of sp³-hybridized carbons (Fsp3) is 0.500. The average Bonchev–Trinajstić information content (AvgIpc) is 2.80. The first-order valence-electron chi connectivity index (χ1n) is 6.92. The van der Waals surface area contributed by atoms with Crippen LogP contribution in [0.5, 0.6) is 0 Å². The van der Waals surface area contributed by atoms with Crippen LogP contribution < -0.4 is 5.32 Å². The molecule has 1 aromatic carbocycles. The Hall–Kier alpha value is -1.36. The van der Waals surface area contributed by atoms with Crippen molar-refractivity contribution in [1.29, 1.82) is 0 Å². The van der Waals surface area contributed by atoms with Gasteiger partial charge in [-0.3, -0.25) is 0 Å². The van der Waals surface area contributed by atoms with E-state index in [-0.39, 0.29) is 6.04 Å². The highest BCUT2D eigenvalue weighted by atomic mass is 16.5. The summed E-state index contributed by atoms with van der Waals surface area (Å²) in [6.07, 6.45) is -0.503. The molecular weight excluding hydrogens is 254 g/mol. The van der Waals surface area contributed by atoms with Crippen LogP contribution in [-0.2, 0) is 4.74 Å². The van der Waals surface area contributed by atoms with Crippen molar-refractivity contribution in [3.63, 3.8) is 0 Å². The maximum Gasteiger partial charge on any atom is 0.134 e. The van der Waals surface area contributed by atoms with Crippen LogP contribution in [0.25, 0.3) is 11.0 Å². The summed E-state index contributed by atoms with van der Waals surface area (Å²) in [5.41, 5.74) is 3.41. The summed E-state index contributed by atoms with van der Waals surface area (Å²) in [5.74, 6) is 0.884. The Morgan fingerprint density at radius 3 is 2.65 bits per heavy atom. The molecule has 0 aliphatic rings. The molecule has 2 N–H and O–H groups in total. The first-order valence-corrected chi connectivity index (χ1v) is 6.92. The minimum absolute atomic E-state index is 0.0505. The highest BCUT2D eigenvalue weighted by Gasteiger charge is 2.13. The van der Waals surface area contributed by atoms with E-state index in [0.717, 1.165) is 16.7 Å². The van der Waals surface area contributed by atoms with Gasteiger partial charge in [-0.1, -0.05) is 0 Å². The largest absolute Gasteiger partial charge is 0.459 e. The zero-order valence-electron chi connectivity index (χ0n) is 12.6. The lowest BCUT2D eigenvalue weighted by molar-refractivity contribution is 0.0626. The van der Waals surface area contributed by atoms with Gasteiger partial charge in [0, 0.05) is 19.0 Å². The Morgan fingerprint density at radius 2 is 1.95 bits per heavy atom. The van der Waals surface area contributed by atoms with Gasteiger partial charge >= 0.3 is 0 Å². The molecule has 0 radical (unpaired) electrons. The minimum Gasteiger partial charge on any atom is -0.459 e. The summed E-state index contributed by atoms with van der Waals surface area (Å²) < 4.78 is 10.8. The second-order valence-corrected chi connectivity index (χ2v) is 5.36. The summed E-state index contributed by atoms with van der Waals surface area (Å²) in [5, 5.41) is 14.0. The van der Waals surface area contributed by atoms with Crippen molar-refractivity contribution in [2.24, 2.45) is 0 Å². The molecule has 0 bridgehead atoms. The molecule has 0 saturated carbocycles. The molecule has 0 amide bonds. The number of furan rings is 1. The number of fused-ring (bicyclic) bond motifs is 1. The molecule has 0 spiro atoms. The summed E-state index contributed by atoms with van der Waals surface area (Å²) in [7, 11) is 1.58. The van der Waals surface area contributed by atoms with E-state index in [1.807, 2.05) is 6.92 Å². The number of aliphatic hydroxyl groups excluding tert-OH is 1. The Labute approximate surface area is 119 Å². The minimum atomic E-state index is -0.503. The van der Waals surface area contributed by atoms with Crippen molar-refractivity contribution in [1.82, 2.24) is 5.32 Å². The van der Waals surface area contributed by atoms with Crippen LogP contribution in [-0.4, -0.2) is 31.5 Å². The molecule has 2 aromatic rings. The molecule has 4 heteroatoms. The van der Waals surface area contributed by atoms with Gasteiger partial charge in [-0.05, 0) is 50.1 Å². The number of benzene rings is 1. The molecule has 2 atom stereocenters. The Morgan fingerprint density at radius 1 is 1.25 bits per heavy atom. The lowest BCUT2D eigenvalue weighted by Crippen LogP contribution is -2.31. The van der Waals surface area contributed by atoms with Gasteiger partial charge in [0.2, 0.25) is 0 Å². The van der Waals surface area contributed by atoms with Crippen molar-refractivity contribution in [3.8, 4) is 0 Å². The molecule has 0 aliphatic heterocycles. The standard InChI is InChI=1S/C16H23NO3/c1-10-5-13-7-15(20-16(13)6-11(10)2)12(3)17-8-14(18)9-19-4/h5-7,12,14,17-18H,8-9H2,1-4H3. The molecular formula is C16H23NO3. The molecule has 20 heavy (non-hydrogen) atoms. The van der Waals surface area contributed by atoms with E-state index in [1.54, 1.807) is 7.11 Å². The van der Waals surface area contributed by atoms with Crippen LogP contribution in [0, 0.1) is 13.8 Å².